The molecule has 0 amide bonds. The molecule has 2 unspecified atom stereocenters. The fourth-order valence-electron chi connectivity index (χ4n) is 1.91. The summed E-state index contributed by atoms with van der Waals surface area (Å²) in [6.45, 7) is 4.69. The van der Waals surface area contributed by atoms with Crippen molar-refractivity contribution in [3.63, 3.8) is 0 Å². The summed E-state index contributed by atoms with van der Waals surface area (Å²) in [5.41, 5.74) is 1.17. The number of aromatic hydroxyl groups is 1. The van der Waals surface area contributed by atoms with Gasteiger partial charge in [0.2, 0.25) is 0 Å². The highest BCUT2D eigenvalue weighted by molar-refractivity contribution is 7.99. The maximum absolute atomic E-state index is 9.66. The van der Waals surface area contributed by atoms with Crippen LogP contribution in [0.3, 0.4) is 0 Å². The van der Waals surface area contributed by atoms with Gasteiger partial charge in [-0.3, -0.25) is 5.32 Å². The third kappa shape index (κ3) is 3.07. The normalized spacial score (nSPS) is 24.6. The molecule has 1 fully saturated rings. The second-order valence-corrected chi connectivity index (χ2v) is 5.48. The van der Waals surface area contributed by atoms with E-state index in [9.17, 15) is 5.11 Å². The highest BCUT2D eigenvalue weighted by Gasteiger charge is 2.20. The predicted molar refractivity (Wildman–Crippen MR) is 71.7 cm³/mol. The molecule has 1 aromatic rings. The number of phenols is 1. The monoisotopic (exact) mass is 253 g/mol. The van der Waals surface area contributed by atoms with Gasteiger partial charge in [-0.25, -0.2) is 0 Å². The van der Waals surface area contributed by atoms with Crippen LogP contribution < -0.4 is 10.1 Å². The Bertz CT molecular complexity index is 384. The number of hydrogen-bond donors (Lipinski definition) is 2. The van der Waals surface area contributed by atoms with Gasteiger partial charge < -0.3 is 9.84 Å². The lowest BCUT2D eigenvalue weighted by Crippen LogP contribution is -2.33. The number of rotatable bonds is 3. The van der Waals surface area contributed by atoms with Crippen molar-refractivity contribution in [2.24, 2.45) is 0 Å². The van der Waals surface area contributed by atoms with E-state index < -0.39 is 0 Å². The Hall–Kier alpha value is -0.870. The molecule has 4 heteroatoms. The summed E-state index contributed by atoms with van der Waals surface area (Å²) in [5.74, 6) is 1.96. The molecule has 2 N–H and O–H groups in total. The molecule has 1 aliphatic rings. The van der Waals surface area contributed by atoms with Gasteiger partial charge in [0.1, 0.15) is 0 Å². The second kappa shape index (κ2) is 5.65. The van der Waals surface area contributed by atoms with Crippen LogP contribution in [0.25, 0.3) is 0 Å². The molecule has 2 rings (SSSR count). The molecule has 0 aliphatic carbocycles. The summed E-state index contributed by atoms with van der Waals surface area (Å²) in [6.07, 6.45) is 1.21. The minimum absolute atomic E-state index is 0.212. The molecule has 17 heavy (non-hydrogen) atoms. The van der Waals surface area contributed by atoms with Crippen LogP contribution in [0.2, 0.25) is 0 Å². The van der Waals surface area contributed by atoms with E-state index in [4.69, 9.17) is 4.74 Å². The Morgan fingerprint density at radius 2 is 2.35 bits per heavy atom. The van der Waals surface area contributed by atoms with Gasteiger partial charge in [0, 0.05) is 6.04 Å². The topological polar surface area (TPSA) is 41.5 Å². The van der Waals surface area contributed by atoms with Crippen LogP contribution in [-0.2, 0) is 0 Å². The van der Waals surface area contributed by atoms with E-state index in [1.54, 1.807) is 6.07 Å². The Labute approximate surface area is 107 Å². The number of phenolic OH excluding ortho intramolecular Hbond substituents is 1. The lowest BCUT2D eigenvalue weighted by atomic mass is 10.1. The van der Waals surface area contributed by atoms with Gasteiger partial charge in [-0.2, -0.15) is 0 Å². The largest absolute Gasteiger partial charge is 0.504 e. The number of hydrogen-bond acceptors (Lipinski definition) is 4. The van der Waals surface area contributed by atoms with Crippen LogP contribution in [0.15, 0.2) is 18.2 Å². The first-order valence-corrected chi connectivity index (χ1v) is 7.09. The standard InChI is InChI=1S/C13H19NO2S/c1-3-16-12-8-10(4-5-11(12)15)13-14-9(2)6-7-17-13/h4-5,8-9,13-15H,3,6-7H2,1-2H3. The summed E-state index contributed by atoms with van der Waals surface area (Å²) in [6, 6.07) is 6.15. The van der Waals surface area contributed by atoms with Gasteiger partial charge in [0.05, 0.1) is 12.0 Å². The predicted octanol–water partition coefficient (Wildman–Crippen LogP) is 2.90. The summed E-state index contributed by atoms with van der Waals surface area (Å²) < 4.78 is 5.41. The van der Waals surface area contributed by atoms with Crippen LogP contribution in [0, 0.1) is 0 Å². The molecular weight excluding hydrogens is 234 g/mol. The summed E-state index contributed by atoms with van der Waals surface area (Å²) in [5, 5.41) is 13.5. The number of nitrogens with one attached hydrogen (secondary N) is 1. The maximum atomic E-state index is 9.66. The number of ether oxygens (including phenoxy) is 1. The SMILES string of the molecule is CCOc1cc(C2NC(C)CCS2)ccc1O. The fourth-order valence-corrected chi connectivity index (χ4v) is 3.30. The van der Waals surface area contributed by atoms with E-state index in [1.165, 1.54) is 17.7 Å². The van der Waals surface area contributed by atoms with Crippen LogP contribution in [0.5, 0.6) is 11.5 Å². The van der Waals surface area contributed by atoms with Crippen LogP contribution in [0.1, 0.15) is 31.2 Å². The van der Waals surface area contributed by atoms with E-state index in [1.807, 2.05) is 30.8 Å². The molecule has 1 heterocycles. The quantitative estimate of drug-likeness (QED) is 0.869. The van der Waals surface area contributed by atoms with Crippen molar-refractivity contribution in [2.45, 2.75) is 31.7 Å². The first kappa shape index (κ1) is 12.6. The Morgan fingerprint density at radius 3 is 3.06 bits per heavy atom. The van der Waals surface area contributed by atoms with Crippen molar-refractivity contribution in [2.75, 3.05) is 12.4 Å². The van der Waals surface area contributed by atoms with E-state index in [-0.39, 0.29) is 5.75 Å². The van der Waals surface area contributed by atoms with Crippen molar-refractivity contribution in [3.8, 4) is 11.5 Å². The molecule has 0 aromatic heterocycles. The van der Waals surface area contributed by atoms with E-state index in [0.29, 0.717) is 23.8 Å². The van der Waals surface area contributed by atoms with Gasteiger partial charge >= 0.3 is 0 Å². The summed E-state index contributed by atoms with van der Waals surface area (Å²) >= 11 is 1.90. The molecule has 0 saturated carbocycles. The Kier molecular flexibility index (Phi) is 4.18. The summed E-state index contributed by atoms with van der Waals surface area (Å²) in [4.78, 5) is 0. The minimum Gasteiger partial charge on any atom is -0.504 e. The van der Waals surface area contributed by atoms with Crippen LogP contribution in [-0.4, -0.2) is 23.5 Å². The molecule has 94 valence electrons. The zero-order chi connectivity index (χ0) is 12.3. The van der Waals surface area contributed by atoms with Gasteiger partial charge in [-0.15, -0.1) is 11.8 Å². The van der Waals surface area contributed by atoms with Crippen molar-refractivity contribution in [1.29, 1.82) is 0 Å². The van der Waals surface area contributed by atoms with Crippen LogP contribution in [0.4, 0.5) is 0 Å². The fraction of sp³-hybridized carbons (Fsp3) is 0.538. The number of benzene rings is 1. The van der Waals surface area contributed by atoms with Gasteiger partial charge in [0.15, 0.2) is 11.5 Å². The molecule has 1 saturated heterocycles. The molecule has 1 aliphatic heterocycles. The average molecular weight is 253 g/mol. The highest BCUT2D eigenvalue weighted by atomic mass is 32.2. The van der Waals surface area contributed by atoms with Gasteiger partial charge in [0.25, 0.3) is 0 Å². The third-order valence-electron chi connectivity index (χ3n) is 2.86. The van der Waals surface area contributed by atoms with E-state index >= 15 is 0 Å². The minimum atomic E-state index is 0.212. The van der Waals surface area contributed by atoms with Crippen molar-refractivity contribution < 1.29 is 9.84 Å². The lowest BCUT2D eigenvalue weighted by molar-refractivity contribution is 0.317. The Balaban J connectivity index is 2.17. The van der Waals surface area contributed by atoms with Gasteiger partial charge in [-0.05, 0) is 43.7 Å². The highest BCUT2D eigenvalue weighted by Crippen LogP contribution is 2.36. The zero-order valence-corrected chi connectivity index (χ0v) is 11.1. The zero-order valence-electron chi connectivity index (χ0n) is 10.3. The molecule has 2 atom stereocenters. The Morgan fingerprint density at radius 1 is 1.53 bits per heavy atom. The van der Waals surface area contributed by atoms with E-state index in [2.05, 4.69) is 12.2 Å². The van der Waals surface area contributed by atoms with E-state index in [0.717, 1.165) is 0 Å². The van der Waals surface area contributed by atoms with Gasteiger partial charge in [-0.1, -0.05) is 6.07 Å². The summed E-state index contributed by atoms with van der Waals surface area (Å²) in [7, 11) is 0. The molecule has 0 radical (unpaired) electrons. The maximum Gasteiger partial charge on any atom is 0.161 e. The third-order valence-corrected chi connectivity index (χ3v) is 4.07. The van der Waals surface area contributed by atoms with Crippen molar-refractivity contribution in [3.05, 3.63) is 23.8 Å². The molecule has 0 spiro atoms. The van der Waals surface area contributed by atoms with Crippen molar-refractivity contribution >= 4 is 11.8 Å². The number of thioether (sulfide) groups is 1. The molecule has 1 aromatic carbocycles. The molecule has 0 bridgehead atoms. The van der Waals surface area contributed by atoms with Crippen LogP contribution >= 0.6 is 11.8 Å². The lowest BCUT2D eigenvalue weighted by Gasteiger charge is -2.28. The molecule has 3 nitrogen and oxygen atoms in total. The smallest absolute Gasteiger partial charge is 0.161 e. The molecular formula is C13H19NO2S. The van der Waals surface area contributed by atoms with Crippen molar-refractivity contribution in [1.82, 2.24) is 5.32 Å². The second-order valence-electron chi connectivity index (χ2n) is 4.27. The first-order valence-electron chi connectivity index (χ1n) is 6.04. The first-order chi connectivity index (χ1) is 8.20. The average Bonchev–Trinajstić information content (AvgIpc) is 2.32.